The van der Waals surface area contributed by atoms with E-state index in [-0.39, 0.29) is 12.1 Å². The van der Waals surface area contributed by atoms with Gasteiger partial charge in [0.1, 0.15) is 5.75 Å². The lowest BCUT2D eigenvalue weighted by molar-refractivity contribution is 0.0977. The van der Waals surface area contributed by atoms with Gasteiger partial charge in [-0.1, -0.05) is 44.4 Å². The van der Waals surface area contributed by atoms with Crippen molar-refractivity contribution in [3.05, 3.63) is 29.8 Å². The average Bonchev–Trinajstić information content (AvgIpc) is 2.75. The van der Waals surface area contributed by atoms with Crippen molar-refractivity contribution in [1.29, 1.82) is 0 Å². The van der Waals surface area contributed by atoms with Gasteiger partial charge in [-0.2, -0.15) is 0 Å². The van der Waals surface area contributed by atoms with E-state index in [4.69, 9.17) is 4.74 Å². The molecule has 156 valence electrons. The Kier molecular flexibility index (Phi) is 7.98. The zero-order valence-corrected chi connectivity index (χ0v) is 17.5. The number of amides is 2. The average molecular weight is 389 g/mol. The van der Waals surface area contributed by atoms with E-state index in [2.05, 4.69) is 39.5 Å². The number of hydrogen-bond donors (Lipinski definition) is 2. The number of hydrogen-bond acceptors (Lipinski definition) is 4. The Labute approximate surface area is 169 Å². The second-order valence-electron chi connectivity index (χ2n) is 7.92. The summed E-state index contributed by atoms with van der Waals surface area (Å²) in [6.45, 7) is 8.03. The Bertz CT molecular complexity index is 610. The third-order valence-corrected chi connectivity index (χ3v) is 6.19. The van der Waals surface area contributed by atoms with Crippen molar-refractivity contribution in [2.45, 2.75) is 51.1 Å². The summed E-state index contributed by atoms with van der Waals surface area (Å²) in [6.07, 6.45) is 5.93. The quantitative estimate of drug-likeness (QED) is 0.754. The van der Waals surface area contributed by atoms with E-state index in [9.17, 15) is 4.79 Å². The molecule has 1 aromatic rings. The first-order valence-electron chi connectivity index (χ1n) is 10.8. The van der Waals surface area contributed by atoms with Crippen molar-refractivity contribution in [3.63, 3.8) is 0 Å². The summed E-state index contributed by atoms with van der Waals surface area (Å²) in [5.41, 5.74) is 1.15. The predicted molar refractivity (Wildman–Crippen MR) is 113 cm³/mol. The molecule has 1 aliphatic carbocycles. The third-order valence-electron chi connectivity index (χ3n) is 6.19. The van der Waals surface area contributed by atoms with Crippen LogP contribution < -0.4 is 15.4 Å². The number of rotatable bonds is 7. The van der Waals surface area contributed by atoms with Gasteiger partial charge in [-0.25, -0.2) is 4.79 Å². The van der Waals surface area contributed by atoms with Gasteiger partial charge in [-0.3, -0.25) is 4.90 Å². The standard InChI is InChI=1S/C22H36N4O2/c1-3-25-13-15-26(16-14-25)20(19-11-7-8-12-21(19)28-2)17-23-22(27)24-18-9-5-4-6-10-18/h7-8,11-12,18,20H,3-6,9-10,13-17H2,1-2H3,(H2,23,24,27). The number of nitrogens with zero attached hydrogens (tertiary/aromatic N) is 2. The number of carbonyl (C=O) groups is 1. The number of para-hydroxylation sites is 1. The first-order chi connectivity index (χ1) is 13.7. The summed E-state index contributed by atoms with van der Waals surface area (Å²) in [6, 6.07) is 8.58. The molecule has 0 aromatic heterocycles. The zero-order valence-electron chi connectivity index (χ0n) is 17.5. The molecule has 6 nitrogen and oxygen atoms in total. The van der Waals surface area contributed by atoms with E-state index in [1.165, 1.54) is 19.3 Å². The molecule has 2 aliphatic rings. The van der Waals surface area contributed by atoms with Crippen LogP contribution in [0.15, 0.2) is 24.3 Å². The normalized spacial score (nSPS) is 20.5. The van der Waals surface area contributed by atoms with E-state index in [0.29, 0.717) is 12.6 Å². The second-order valence-corrected chi connectivity index (χ2v) is 7.92. The number of benzene rings is 1. The summed E-state index contributed by atoms with van der Waals surface area (Å²) >= 11 is 0. The van der Waals surface area contributed by atoms with Crippen LogP contribution in [0.25, 0.3) is 0 Å². The molecular weight excluding hydrogens is 352 g/mol. The molecule has 3 rings (SSSR count). The van der Waals surface area contributed by atoms with Crippen LogP contribution in [0.2, 0.25) is 0 Å². The molecule has 0 spiro atoms. The zero-order chi connectivity index (χ0) is 19.8. The third kappa shape index (κ3) is 5.61. The first-order valence-corrected chi connectivity index (χ1v) is 10.8. The number of carbonyl (C=O) groups excluding carboxylic acids is 1. The lowest BCUT2D eigenvalue weighted by Gasteiger charge is -2.39. The van der Waals surface area contributed by atoms with Crippen molar-refractivity contribution in [2.24, 2.45) is 0 Å². The van der Waals surface area contributed by atoms with Gasteiger partial charge in [0.05, 0.1) is 13.2 Å². The molecule has 1 aromatic carbocycles. The minimum Gasteiger partial charge on any atom is -0.496 e. The van der Waals surface area contributed by atoms with Crippen LogP contribution in [0.3, 0.4) is 0 Å². The fraction of sp³-hybridized carbons (Fsp3) is 0.682. The van der Waals surface area contributed by atoms with Gasteiger partial charge < -0.3 is 20.3 Å². The van der Waals surface area contributed by atoms with E-state index in [1.807, 2.05) is 12.1 Å². The maximum atomic E-state index is 12.5. The van der Waals surface area contributed by atoms with Gasteiger partial charge in [0, 0.05) is 44.3 Å². The van der Waals surface area contributed by atoms with E-state index >= 15 is 0 Å². The fourth-order valence-corrected chi connectivity index (χ4v) is 4.44. The lowest BCUT2D eigenvalue weighted by atomic mass is 9.96. The van der Waals surface area contributed by atoms with Crippen LogP contribution in [-0.4, -0.2) is 68.3 Å². The maximum Gasteiger partial charge on any atom is 0.315 e. The van der Waals surface area contributed by atoms with Crippen LogP contribution in [0.1, 0.15) is 50.6 Å². The Morgan fingerprint density at radius 3 is 2.54 bits per heavy atom. The molecule has 1 atom stereocenters. The summed E-state index contributed by atoms with van der Waals surface area (Å²) in [5.74, 6) is 0.889. The van der Waals surface area contributed by atoms with Gasteiger partial charge in [0.25, 0.3) is 0 Å². The largest absolute Gasteiger partial charge is 0.496 e. The molecule has 1 unspecified atom stereocenters. The topological polar surface area (TPSA) is 56.8 Å². The summed E-state index contributed by atoms with van der Waals surface area (Å²) in [5, 5.41) is 6.31. The summed E-state index contributed by atoms with van der Waals surface area (Å²) in [7, 11) is 1.72. The smallest absolute Gasteiger partial charge is 0.315 e. The molecule has 1 aliphatic heterocycles. The minimum atomic E-state index is -0.0426. The van der Waals surface area contributed by atoms with Crippen molar-refractivity contribution >= 4 is 6.03 Å². The Morgan fingerprint density at radius 1 is 1.14 bits per heavy atom. The first kappa shape index (κ1) is 20.9. The lowest BCUT2D eigenvalue weighted by Crippen LogP contribution is -2.51. The molecule has 0 radical (unpaired) electrons. The van der Waals surface area contributed by atoms with Crippen molar-refractivity contribution < 1.29 is 9.53 Å². The van der Waals surface area contributed by atoms with Gasteiger partial charge in [-0.15, -0.1) is 0 Å². The van der Waals surface area contributed by atoms with Gasteiger partial charge in [0.15, 0.2) is 0 Å². The Balaban J connectivity index is 1.65. The van der Waals surface area contributed by atoms with Crippen LogP contribution in [0.5, 0.6) is 5.75 Å². The Hall–Kier alpha value is -1.79. The molecule has 1 saturated heterocycles. The molecule has 2 fully saturated rings. The molecule has 28 heavy (non-hydrogen) atoms. The predicted octanol–water partition coefficient (Wildman–Crippen LogP) is 3.01. The highest BCUT2D eigenvalue weighted by molar-refractivity contribution is 5.74. The molecular formula is C22H36N4O2. The fourth-order valence-electron chi connectivity index (χ4n) is 4.44. The highest BCUT2D eigenvalue weighted by Crippen LogP contribution is 2.29. The van der Waals surface area contributed by atoms with Crippen LogP contribution in [-0.2, 0) is 0 Å². The summed E-state index contributed by atoms with van der Waals surface area (Å²) in [4.78, 5) is 17.5. The number of methoxy groups -OCH3 is 1. The number of piperazine rings is 1. The molecule has 6 heteroatoms. The molecule has 0 bridgehead atoms. The van der Waals surface area contributed by atoms with Crippen molar-refractivity contribution in [3.8, 4) is 5.75 Å². The van der Waals surface area contributed by atoms with Gasteiger partial charge in [-0.05, 0) is 25.5 Å². The van der Waals surface area contributed by atoms with Crippen molar-refractivity contribution in [1.82, 2.24) is 20.4 Å². The van der Waals surface area contributed by atoms with Crippen LogP contribution in [0.4, 0.5) is 4.79 Å². The van der Waals surface area contributed by atoms with Crippen LogP contribution >= 0.6 is 0 Å². The second kappa shape index (κ2) is 10.7. The SMILES string of the molecule is CCN1CCN(C(CNC(=O)NC2CCCCC2)c2ccccc2OC)CC1. The van der Waals surface area contributed by atoms with Gasteiger partial charge >= 0.3 is 6.03 Å². The van der Waals surface area contributed by atoms with E-state index in [0.717, 1.165) is 56.9 Å². The number of likely N-dealkylation sites (N-methyl/N-ethyl adjacent to an activating group) is 1. The molecule has 1 saturated carbocycles. The molecule has 2 amide bonds. The highest BCUT2D eigenvalue weighted by Gasteiger charge is 2.27. The molecule has 1 heterocycles. The molecule has 2 N–H and O–H groups in total. The van der Waals surface area contributed by atoms with Crippen LogP contribution in [0, 0.1) is 0 Å². The van der Waals surface area contributed by atoms with E-state index in [1.54, 1.807) is 7.11 Å². The Morgan fingerprint density at radius 2 is 1.86 bits per heavy atom. The maximum absolute atomic E-state index is 12.5. The number of ether oxygens (including phenoxy) is 1. The highest BCUT2D eigenvalue weighted by atomic mass is 16.5. The minimum absolute atomic E-state index is 0.0426. The number of nitrogens with one attached hydrogen (secondary N) is 2. The number of urea groups is 1. The van der Waals surface area contributed by atoms with E-state index < -0.39 is 0 Å². The van der Waals surface area contributed by atoms with Gasteiger partial charge in [0.2, 0.25) is 0 Å². The van der Waals surface area contributed by atoms with Crippen molar-refractivity contribution in [2.75, 3.05) is 46.4 Å². The monoisotopic (exact) mass is 388 g/mol. The summed E-state index contributed by atoms with van der Waals surface area (Å²) < 4.78 is 5.62.